The number of para-hydroxylation sites is 1. The number of hydrogen-bond donors (Lipinski definition) is 1. The van der Waals surface area contributed by atoms with Crippen molar-refractivity contribution < 1.29 is 9.13 Å². The van der Waals surface area contributed by atoms with Crippen LogP contribution in [-0.4, -0.2) is 0 Å². The van der Waals surface area contributed by atoms with E-state index in [9.17, 15) is 4.39 Å². The highest BCUT2D eigenvalue weighted by Gasteiger charge is 2.10. The summed E-state index contributed by atoms with van der Waals surface area (Å²) in [6.45, 7) is 4.33. The lowest BCUT2D eigenvalue weighted by atomic mass is 10.0. The average Bonchev–Trinajstić information content (AvgIpc) is 2.47. The van der Waals surface area contributed by atoms with Crippen LogP contribution in [0.3, 0.4) is 0 Å². The fourth-order valence-electron chi connectivity index (χ4n) is 2.09. The Morgan fingerprint density at radius 1 is 1.20 bits per heavy atom. The number of hydrogen-bond acceptors (Lipinski definition) is 2. The van der Waals surface area contributed by atoms with Crippen LogP contribution in [0.5, 0.6) is 5.75 Å². The Hall–Kier alpha value is -1.87. The standard InChI is InChI=1S/C17H20FNO/c1-3-16(19)15-6-4-5-7-17(15)20-11-13-10-14(18)9-8-12(13)2/h4-10,16H,3,11,19H2,1-2H3/t16-/m1/s1. The van der Waals surface area contributed by atoms with Crippen LogP contribution in [0.15, 0.2) is 42.5 Å². The number of rotatable bonds is 5. The number of benzene rings is 2. The molecule has 0 aromatic heterocycles. The van der Waals surface area contributed by atoms with Crippen molar-refractivity contribution in [3.63, 3.8) is 0 Å². The topological polar surface area (TPSA) is 35.2 Å². The van der Waals surface area contributed by atoms with Crippen molar-refractivity contribution in [1.29, 1.82) is 0 Å². The molecule has 0 amide bonds. The van der Waals surface area contributed by atoms with Gasteiger partial charge in [0.15, 0.2) is 0 Å². The molecule has 0 radical (unpaired) electrons. The Labute approximate surface area is 119 Å². The van der Waals surface area contributed by atoms with Crippen LogP contribution in [0.4, 0.5) is 4.39 Å². The summed E-state index contributed by atoms with van der Waals surface area (Å²) in [4.78, 5) is 0. The predicted octanol–water partition coefficient (Wildman–Crippen LogP) is 4.12. The van der Waals surface area contributed by atoms with Crippen LogP contribution in [0.1, 0.15) is 36.1 Å². The third-order valence-corrected chi connectivity index (χ3v) is 3.45. The van der Waals surface area contributed by atoms with Crippen LogP contribution in [0.25, 0.3) is 0 Å². The largest absolute Gasteiger partial charge is 0.489 e. The molecular weight excluding hydrogens is 253 g/mol. The molecule has 20 heavy (non-hydrogen) atoms. The van der Waals surface area contributed by atoms with Crippen molar-refractivity contribution in [2.24, 2.45) is 5.73 Å². The normalized spacial score (nSPS) is 12.2. The summed E-state index contributed by atoms with van der Waals surface area (Å²) in [5.74, 6) is 0.526. The summed E-state index contributed by atoms with van der Waals surface area (Å²) in [6, 6.07) is 12.4. The van der Waals surface area contributed by atoms with Crippen LogP contribution in [0.2, 0.25) is 0 Å². The lowest BCUT2D eigenvalue weighted by Crippen LogP contribution is -2.11. The van der Waals surface area contributed by atoms with Crippen molar-refractivity contribution in [3.05, 3.63) is 65.0 Å². The summed E-state index contributed by atoms with van der Waals surface area (Å²) in [7, 11) is 0. The Morgan fingerprint density at radius 2 is 1.95 bits per heavy atom. The van der Waals surface area contributed by atoms with Crippen molar-refractivity contribution in [1.82, 2.24) is 0 Å². The number of ether oxygens (including phenoxy) is 1. The molecule has 0 fully saturated rings. The van der Waals surface area contributed by atoms with E-state index in [4.69, 9.17) is 10.5 Å². The highest BCUT2D eigenvalue weighted by Crippen LogP contribution is 2.26. The van der Waals surface area contributed by atoms with Gasteiger partial charge in [0.25, 0.3) is 0 Å². The van der Waals surface area contributed by atoms with Gasteiger partial charge < -0.3 is 10.5 Å². The highest BCUT2D eigenvalue weighted by molar-refractivity contribution is 5.36. The third-order valence-electron chi connectivity index (χ3n) is 3.45. The Kier molecular flexibility index (Phi) is 4.74. The van der Waals surface area contributed by atoms with Gasteiger partial charge in [-0.2, -0.15) is 0 Å². The second kappa shape index (κ2) is 6.53. The summed E-state index contributed by atoms with van der Waals surface area (Å²) in [5, 5.41) is 0. The lowest BCUT2D eigenvalue weighted by Gasteiger charge is -2.16. The van der Waals surface area contributed by atoms with E-state index in [1.54, 1.807) is 6.07 Å². The van der Waals surface area contributed by atoms with E-state index >= 15 is 0 Å². The van der Waals surface area contributed by atoms with Crippen LogP contribution >= 0.6 is 0 Å². The predicted molar refractivity (Wildman–Crippen MR) is 79.1 cm³/mol. The van der Waals surface area contributed by atoms with Gasteiger partial charge in [0.05, 0.1) is 0 Å². The number of halogens is 1. The molecule has 2 rings (SSSR count). The maximum Gasteiger partial charge on any atom is 0.124 e. The summed E-state index contributed by atoms with van der Waals surface area (Å²) in [5.41, 5.74) is 8.94. The first-order chi connectivity index (χ1) is 9.61. The molecular formula is C17H20FNO. The van der Waals surface area contributed by atoms with Gasteiger partial charge >= 0.3 is 0 Å². The summed E-state index contributed by atoms with van der Waals surface area (Å²) in [6.07, 6.45) is 0.847. The Morgan fingerprint density at radius 3 is 2.70 bits per heavy atom. The van der Waals surface area contributed by atoms with Crippen LogP contribution in [0, 0.1) is 12.7 Å². The molecule has 0 aliphatic rings. The van der Waals surface area contributed by atoms with Gasteiger partial charge in [-0.25, -0.2) is 4.39 Å². The Balaban J connectivity index is 2.17. The minimum atomic E-state index is -0.243. The van der Waals surface area contributed by atoms with Gasteiger partial charge in [-0.1, -0.05) is 31.2 Å². The first-order valence-electron chi connectivity index (χ1n) is 6.84. The van der Waals surface area contributed by atoms with Gasteiger partial charge in [-0.05, 0) is 42.7 Å². The molecule has 0 saturated heterocycles. The Bertz CT molecular complexity index is 583. The van der Waals surface area contributed by atoms with E-state index in [0.717, 1.165) is 28.9 Å². The third kappa shape index (κ3) is 3.36. The molecule has 0 spiro atoms. The van der Waals surface area contributed by atoms with E-state index in [-0.39, 0.29) is 11.9 Å². The van der Waals surface area contributed by atoms with Crippen molar-refractivity contribution >= 4 is 0 Å². The quantitative estimate of drug-likeness (QED) is 0.889. The molecule has 2 aromatic rings. The van der Waals surface area contributed by atoms with E-state index in [0.29, 0.717) is 6.61 Å². The lowest BCUT2D eigenvalue weighted by molar-refractivity contribution is 0.299. The monoisotopic (exact) mass is 273 g/mol. The SMILES string of the molecule is CC[C@@H](N)c1ccccc1OCc1cc(F)ccc1C. The van der Waals surface area contributed by atoms with E-state index in [1.165, 1.54) is 12.1 Å². The fraction of sp³-hybridized carbons (Fsp3) is 0.294. The van der Waals surface area contributed by atoms with Crippen LogP contribution in [-0.2, 0) is 6.61 Å². The molecule has 2 nitrogen and oxygen atoms in total. The molecule has 0 bridgehead atoms. The molecule has 2 N–H and O–H groups in total. The molecule has 0 heterocycles. The average molecular weight is 273 g/mol. The van der Waals surface area contributed by atoms with E-state index in [2.05, 4.69) is 0 Å². The molecule has 2 aromatic carbocycles. The first-order valence-corrected chi connectivity index (χ1v) is 6.84. The highest BCUT2D eigenvalue weighted by atomic mass is 19.1. The van der Waals surface area contributed by atoms with Crippen molar-refractivity contribution in [2.45, 2.75) is 32.9 Å². The van der Waals surface area contributed by atoms with Gasteiger partial charge in [0.1, 0.15) is 18.2 Å². The van der Waals surface area contributed by atoms with Crippen molar-refractivity contribution in [2.75, 3.05) is 0 Å². The molecule has 0 saturated carbocycles. The van der Waals surface area contributed by atoms with Gasteiger partial charge in [-0.3, -0.25) is 0 Å². The minimum Gasteiger partial charge on any atom is -0.489 e. The zero-order chi connectivity index (χ0) is 14.5. The number of nitrogens with two attached hydrogens (primary N) is 1. The van der Waals surface area contributed by atoms with Gasteiger partial charge in [0.2, 0.25) is 0 Å². The maximum absolute atomic E-state index is 13.3. The van der Waals surface area contributed by atoms with E-state index in [1.807, 2.05) is 38.1 Å². The van der Waals surface area contributed by atoms with Crippen LogP contribution < -0.4 is 10.5 Å². The van der Waals surface area contributed by atoms with Crippen molar-refractivity contribution in [3.8, 4) is 5.75 Å². The second-order valence-corrected chi connectivity index (χ2v) is 4.91. The fourth-order valence-corrected chi connectivity index (χ4v) is 2.09. The molecule has 0 aliphatic heterocycles. The van der Waals surface area contributed by atoms with Gasteiger partial charge in [-0.15, -0.1) is 0 Å². The summed E-state index contributed by atoms with van der Waals surface area (Å²) < 4.78 is 19.1. The number of aryl methyl sites for hydroxylation is 1. The first kappa shape index (κ1) is 14.5. The molecule has 0 aliphatic carbocycles. The zero-order valence-corrected chi connectivity index (χ0v) is 11.9. The smallest absolute Gasteiger partial charge is 0.124 e. The molecule has 1 atom stereocenters. The second-order valence-electron chi connectivity index (χ2n) is 4.91. The maximum atomic E-state index is 13.3. The zero-order valence-electron chi connectivity index (χ0n) is 11.9. The summed E-state index contributed by atoms with van der Waals surface area (Å²) >= 11 is 0. The van der Waals surface area contributed by atoms with E-state index < -0.39 is 0 Å². The minimum absolute atomic E-state index is 0.0418. The van der Waals surface area contributed by atoms with Gasteiger partial charge in [0, 0.05) is 11.6 Å². The molecule has 106 valence electrons. The molecule has 0 unspecified atom stereocenters. The molecule has 3 heteroatoms.